The Labute approximate surface area is 171 Å². The van der Waals surface area contributed by atoms with Crippen LogP contribution in [0.3, 0.4) is 0 Å². The molecule has 0 amide bonds. The minimum Gasteiger partial charge on any atom is -0.147 e. The Hall–Kier alpha value is -0.289. The molecular weight excluding hydrogens is 405 g/mol. The fraction of sp³-hybridized carbons (Fsp3) is 0.368. The number of likely N-dealkylation sites (N-methyl/N-ethyl adjacent to an activating group) is 1. The Morgan fingerprint density at radius 2 is 1.56 bits per heavy atom. The first-order valence-corrected chi connectivity index (χ1v) is 15.5. The molecule has 1 aliphatic rings. The summed E-state index contributed by atoms with van der Waals surface area (Å²) in [5.41, 5.74) is 3.10. The molecule has 0 radical (unpaired) electrons. The van der Waals surface area contributed by atoms with Crippen molar-refractivity contribution in [2.75, 3.05) is 14.1 Å². The Bertz CT molecular complexity index is 657. The molecular formula is C19H28Cl2NOSiTi. The Morgan fingerprint density at radius 1 is 0.960 bits per heavy atom. The van der Waals surface area contributed by atoms with E-state index in [0.29, 0.717) is 10.3 Å². The number of hydrogen-bond donors (Lipinski definition) is 0. The van der Waals surface area contributed by atoms with Crippen molar-refractivity contribution in [2.24, 2.45) is 0 Å². The third-order valence-corrected chi connectivity index (χ3v) is 15.9. The molecule has 0 spiro atoms. The van der Waals surface area contributed by atoms with Gasteiger partial charge in [-0.2, -0.15) is 0 Å². The summed E-state index contributed by atoms with van der Waals surface area (Å²) >= 11 is -1.67. The van der Waals surface area contributed by atoms with Crippen LogP contribution >= 0.6 is 24.8 Å². The Balaban J connectivity index is 0.00000156. The SMILES string of the molecule is CN(C)C1Cc2ccccc2[CH]1[Ti]([O]c1ccccc1)[SiH](C)C.Cl.Cl. The second-order valence-corrected chi connectivity index (χ2v) is 19.5. The molecule has 0 saturated carbocycles. The zero-order valence-corrected chi connectivity index (χ0v) is 19.7. The predicted molar refractivity (Wildman–Crippen MR) is 111 cm³/mol. The summed E-state index contributed by atoms with van der Waals surface area (Å²) in [7, 11) is 4.45. The average molecular weight is 433 g/mol. The van der Waals surface area contributed by atoms with Gasteiger partial charge in [-0.3, -0.25) is 0 Å². The minimum absolute atomic E-state index is 0. The third kappa shape index (κ3) is 5.12. The van der Waals surface area contributed by atoms with Gasteiger partial charge in [-0.15, -0.1) is 24.8 Å². The van der Waals surface area contributed by atoms with Crippen LogP contribution in [-0.2, 0) is 23.9 Å². The van der Waals surface area contributed by atoms with Crippen LogP contribution in [0, 0.1) is 0 Å². The smallest absolute Gasteiger partial charge is 0.147 e. The van der Waals surface area contributed by atoms with E-state index in [0.717, 1.165) is 5.75 Å². The Morgan fingerprint density at radius 3 is 2.16 bits per heavy atom. The molecule has 0 N–H and O–H groups in total. The summed E-state index contributed by atoms with van der Waals surface area (Å²) in [6.45, 7) is 4.13. The van der Waals surface area contributed by atoms with Crippen molar-refractivity contribution in [3.63, 3.8) is 0 Å². The van der Waals surface area contributed by atoms with Crippen LogP contribution in [0.25, 0.3) is 0 Å². The number of hydrogen-bond acceptors (Lipinski definition) is 2. The van der Waals surface area contributed by atoms with Crippen LogP contribution in [0.15, 0.2) is 54.6 Å². The molecule has 3 rings (SSSR count). The van der Waals surface area contributed by atoms with Gasteiger partial charge in [0.1, 0.15) is 0 Å². The molecule has 137 valence electrons. The quantitative estimate of drug-likeness (QED) is 0.637. The normalized spacial score (nSPS) is 18.3. The van der Waals surface area contributed by atoms with Crippen LogP contribution in [0.4, 0.5) is 0 Å². The van der Waals surface area contributed by atoms with E-state index >= 15 is 0 Å². The molecule has 1 aliphatic carbocycles. The fourth-order valence-electron chi connectivity index (χ4n) is 3.56. The van der Waals surface area contributed by atoms with E-state index in [-0.39, 0.29) is 24.8 Å². The summed E-state index contributed by atoms with van der Waals surface area (Å²) in [5, 5.41) is 0. The molecule has 0 bridgehead atoms. The summed E-state index contributed by atoms with van der Waals surface area (Å²) in [6, 6.07) is 20.1. The van der Waals surface area contributed by atoms with Gasteiger partial charge in [0.2, 0.25) is 0 Å². The second kappa shape index (κ2) is 10.2. The van der Waals surface area contributed by atoms with Crippen LogP contribution in [-0.4, -0.2) is 31.7 Å². The fourth-order valence-corrected chi connectivity index (χ4v) is 14.2. The topological polar surface area (TPSA) is 12.5 Å². The van der Waals surface area contributed by atoms with E-state index in [2.05, 4.69) is 86.7 Å². The van der Waals surface area contributed by atoms with Crippen LogP contribution in [0.5, 0.6) is 5.75 Å². The molecule has 0 heterocycles. The molecule has 0 fully saturated rings. The maximum atomic E-state index is 6.70. The van der Waals surface area contributed by atoms with Gasteiger partial charge >= 0.3 is 148 Å². The van der Waals surface area contributed by atoms with Gasteiger partial charge in [-0.05, 0) is 0 Å². The molecule has 2 aromatic rings. The van der Waals surface area contributed by atoms with Gasteiger partial charge in [0.25, 0.3) is 0 Å². The van der Waals surface area contributed by atoms with Gasteiger partial charge in [-0.1, -0.05) is 0 Å². The van der Waals surface area contributed by atoms with Crippen molar-refractivity contribution in [3.8, 4) is 5.75 Å². The molecule has 25 heavy (non-hydrogen) atoms. The molecule has 2 nitrogen and oxygen atoms in total. The monoisotopic (exact) mass is 432 g/mol. The number of halogens is 2. The van der Waals surface area contributed by atoms with Crippen molar-refractivity contribution in [1.82, 2.24) is 4.90 Å². The Kier molecular flexibility index (Phi) is 9.24. The zero-order valence-electron chi connectivity index (χ0n) is 15.3. The first-order chi connectivity index (χ1) is 11.1. The van der Waals surface area contributed by atoms with Crippen molar-refractivity contribution in [1.29, 1.82) is 0 Å². The minimum atomic E-state index is -1.67. The molecule has 6 heteroatoms. The molecule has 2 unspecified atom stereocenters. The number of para-hydroxylation sites is 1. The number of rotatable bonds is 5. The summed E-state index contributed by atoms with van der Waals surface area (Å²) < 4.78 is 7.33. The third-order valence-electron chi connectivity index (χ3n) is 4.72. The summed E-state index contributed by atoms with van der Waals surface area (Å²) in [5.74, 6) is 1.07. The van der Waals surface area contributed by atoms with E-state index in [1.807, 2.05) is 0 Å². The standard InChI is InChI=1S/C11H14N.C6H6O.C2H7Si.2ClH.Ti/c1-12(2)11-7-9-5-3-4-6-10(9)8-11;7-6-4-2-1-3-5-6;1-3-2;;;/h3-7,11H,8H2,1-2H3;1-5,7H;3H,1-2H3;2*1H;/q;;;;;+1/p-1. The maximum Gasteiger partial charge on any atom is -0.147 e. The van der Waals surface area contributed by atoms with Crippen molar-refractivity contribution in [3.05, 3.63) is 65.7 Å². The molecule has 0 saturated heterocycles. The van der Waals surface area contributed by atoms with Crippen LogP contribution < -0.4 is 3.32 Å². The predicted octanol–water partition coefficient (Wildman–Crippen LogP) is 4.65. The zero-order chi connectivity index (χ0) is 16.4. The first kappa shape index (κ1) is 22.8. The van der Waals surface area contributed by atoms with E-state index < -0.39 is 24.2 Å². The maximum absolute atomic E-state index is 6.70. The number of benzene rings is 2. The van der Waals surface area contributed by atoms with Gasteiger partial charge < -0.3 is 0 Å². The van der Waals surface area contributed by atoms with Gasteiger partial charge in [0.05, 0.1) is 0 Å². The molecule has 2 atom stereocenters. The van der Waals surface area contributed by atoms with Gasteiger partial charge in [-0.25, -0.2) is 0 Å². The largest absolute Gasteiger partial charge is 0.147 e. The molecule has 0 aliphatic heterocycles. The van der Waals surface area contributed by atoms with Crippen molar-refractivity contribution < 1.29 is 20.8 Å². The van der Waals surface area contributed by atoms with E-state index in [9.17, 15) is 0 Å². The van der Waals surface area contributed by atoms with Crippen molar-refractivity contribution >= 4 is 31.5 Å². The summed E-state index contributed by atoms with van der Waals surface area (Å²) in [4.78, 5) is 2.42. The molecule has 2 aromatic carbocycles. The van der Waals surface area contributed by atoms with E-state index in [1.165, 1.54) is 12.0 Å². The second-order valence-electron chi connectivity index (χ2n) is 6.88. The van der Waals surface area contributed by atoms with Gasteiger partial charge in [0.15, 0.2) is 0 Å². The summed E-state index contributed by atoms with van der Waals surface area (Å²) in [6.07, 6.45) is 1.17. The van der Waals surface area contributed by atoms with E-state index in [4.69, 9.17) is 3.32 Å². The van der Waals surface area contributed by atoms with Crippen molar-refractivity contribution in [2.45, 2.75) is 29.8 Å². The van der Waals surface area contributed by atoms with Crippen LogP contribution in [0.2, 0.25) is 13.1 Å². The first-order valence-electron chi connectivity index (χ1n) is 8.41. The number of fused-ring (bicyclic) bond motifs is 1. The van der Waals surface area contributed by atoms with Crippen LogP contribution in [0.1, 0.15) is 15.3 Å². The molecule has 0 aromatic heterocycles. The number of nitrogens with zero attached hydrogens (tertiary/aromatic N) is 1. The van der Waals surface area contributed by atoms with Gasteiger partial charge in [0, 0.05) is 0 Å². The average Bonchev–Trinajstić information content (AvgIpc) is 2.93. The van der Waals surface area contributed by atoms with E-state index in [1.54, 1.807) is 5.56 Å².